The Morgan fingerprint density at radius 3 is 2.78 bits per heavy atom. The van der Waals surface area contributed by atoms with Gasteiger partial charge in [0.2, 0.25) is 0 Å². The number of rotatable bonds is 3. The van der Waals surface area contributed by atoms with E-state index < -0.39 is 6.61 Å². The van der Waals surface area contributed by atoms with Crippen LogP contribution in [0.1, 0.15) is 35.6 Å². The zero-order chi connectivity index (χ0) is 19.3. The van der Waals surface area contributed by atoms with Crippen molar-refractivity contribution in [3.8, 4) is 11.4 Å². The number of aromatic nitrogens is 2. The van der Waals surface area contributed by atoms with Crippen LogP contribution in [0.3, 0.4) is 0 Å². The van der Waals surface area contributed by atoms with Gasteiger partial charge in [-0.25, -0.2) is 4.98 Å². The number of alkyl halides is 2. The average molecular weight is 392 g/mol. The third-order valence-electron chi connectivity index (χ3n) is 4.78. The summed E-state index contributed by atoms with van der Waals surface area (Å²) in [6, 6.07) is 9.42. The van der Waals surface area contributed by atoms with Crippen molar-refractivity contribution in [2.75, 3.05) is 7.05 Å². The van der Waals surface area contributed by atoms with Gasteiger partial charge in [-0.1, -0.05) is 24.6 Å². The molecule has 0 saturated heterocycles. The summed E-state index contributed by atoms with van der Waals surface area (Å²) in [5, 5.41) is 0.482. The first-order valence-corrected chi connectivity index (χ1v) is 8.83. The second kappa shape index (κ2) is 6.49. The third-order valence-corrected chi connectivity index (χ3v) is 5.02. The first kappa shape index (κ1) is 17.7. The van der Waals surface area contributed by atoms with E-state index in [1.807, 2.05) is 6.92 Å². The lowest BCUT2D eigenvalue weighted by Crippen LogP contribution is -2.30. The highest BCUT2D eigenvalue weighted by molar-refractivity contribution is 6.31. The van der Waals surface area contributed by atoms with Crippen LogP contribution in [0.5, 0.6) is 5.75 Å². The van der Waals surface area contributed by atoms with Crippen molar-refractivity contribution in [3.63, 3.8) is 0 Å². The van der Waals surface area contributed by atoms with E-state index in [0.29, 0.717) is 28.3 Å². The van der Waals surface area contributed by atoms with Crippen LogP contribution in [-0.4, -0.2) is 34.0 Å². The molecule has 140 valence electrons. The molecule has 2 aromatic carbocycles. The molecule has 0 radical (unpaired) electrons. The molecule has 1 atom stereocenters. The number of amides is 1. The van der Waals surface area contributed by atoms with E-state index >= 15 is 0 Å². The molecule has 0 spiro atoms. The van der Waals surface area contributed by atoms with Gasteiger partial charge in [0, 0.05) is 12.1 Å². The predicted octanol–water partition coefficient (Wildman–Crippen LogP) is 4.82. The molecule has 0 aliphatic carbocycles. The second-order valence-electron chi connectivity index (χ2n) is 6.31. The maximum absolute atomic E-state index is 13.0. The van der Waals surface area contributed by atoms with Crippen molar-refractivity contribution < 1.29 is 18.3 Å². The van der Waals surface area contributed by atoms with Gasteiger partial charge in [0.1, 0.15) is 11.5 Å². The Kier molecular flexibility index (Phi) is 4.26. The Morgan fingerprint density at radius 2 is 2.07 bits per heavy atom. The molecule has 1 amide bonds. The number of imidazole rings is 1. The highest BCUT2D eigenvalue weighted by Crippen LogP contribution is 2.40. The summed E-state index contributed by atoms with van der Waals surface area (Å²) in [5.74, 6) is 0.216. The van der Waals surface area contributed by atoms with Crippen LogP contribution < -0.4 is 4.74 Å². The number of ether oxygens (including phenoxy) is 1. The maximum Gasteiger partial charge on any atom is 0.387 e. The Bertz CT molecular complexity index is 1050. The van der Waals surface area contributed by atoms with E-state index in [0.717, 1.165) is 0 Å². The Labute approximate surface area is 159 Å². The van der Waals surface area contributed by atoms with Crippen molar-refractivity contribution in [1.29, 1.82) is 0 Å². The van der Waals surface area contributed by atoms with Crippen LogP contribution in [0.4, 0.5) is 8.78 Å². The number of benzene rings is 2. The summed E-state index contributed by atoms with van der Waals surface area (Å²) in [6.07, 6.45) is 0.609. The lowest BCUT2D eigenvalue weighted by molar-refractivity contribution is -0.0498. The van der Waals surface area contributed by atoms with Crippen LogP contribution in [0.25, 0.3) is 16.7 Å². The number of carbonyl (C=O) groups excluding carboxylic acids is 1. The maximum atomic E-state index is 13.0. The van der Waals surface area contributed by atoms with Gasteiger partial charge in [-0.2, -0.15) is 8.78 Å². The second-order valence-corrected chi connectivity index (χ2v) is 6.75. The van der Waals surface area contributed by atoms with E-state index in [4.69, 9.17) is 16.3 Å². The molecule has 5 nitrogen and oxygen atoms in total. The summed E-state index contributed by atoms with van der Waals surface area (Å²) in [5.41, 5.74) is 1.82. The molecule has 1 aliphatic heterocycles. The number of hydrogen-bond acceptors (Lipinski definition) is 3. The Hall–Kier alpha value is -2.67. The number of hydrogen-bond donors (Lipinski definition) is 0. The Balaban J connectivity index is 2.14. The molecule has 4 rings (SSSR count). The van der Waals surface area contributed by atoms with Crippen molar-refractivity contribution in [1.82, 2.24) is 14.5 Å². The fraction of sp³-hybridized carbons (Fsp3) is 0.263. The topological polar surface area (TPSA) is 47.4 Å². The third kappa shape index (κ3) is 2.73. The molecule has 0 saturated carbocycles. The summed E-state index contributed by atoms with van der Waals surface area (Å²) in [4.78, 5) is 19.3. The minimum absolute atomic E-state index is 0.0819. The van der Waals surface area contributed by atoms with E-state index in [1.54, 1.807) is 40.8 Å². The summed E-state index contributed by atoms with van der Waals surface area (Å²) < 4.78 is 32.5. The van der Waals surface area contributed by atoms with Gasteiger partial charge in [-0.3, -0.25) is 9.36 Å². The lowest BCUT2D eigenvalue weighted by atomic mass is 10.1. The van der Waals surface area contributed by atoms with Gasteiger partial charge in [0.15, 0.2) is 5.75 Å². The molecule has 0 bridgehead atoms. The highest BCUT2D eigenvalue weighted by Gasteiger charge is 2.35. The number of carbonyl (C=O) groups is 1. The number of halogens is 3. The normalized spacial score (nSPS) is 16.4. The number of fused-ring (bicyclic) bond motifs is 5. The molecule has 0 unspecified atom stereocenters. The van der Waals surface area contributed by atoms with Crippen LogP contribution in [0, 0.1) is 0 Å². The van der Waals surface area contributed by atoms with Crippen molar-refractivity contribution >= 4 is 28.5 Å². The molecule has 1 aliphatic rings. The predicted molar refractivity (Wildman–Crippen MR) is 97.8 cm³/mol. The molecular formula is C19H16ClF2N3O2. The van der Waals surface area contributed by atoms with Crippen LogP contribution in [0.15, 0.2) is 36.4 Å². The highest BCUT2D eigenvalue weighted by atomic mass is 35.5. The fourth-order valence-electron chi connectivity index (χ4n) is 3.60. The van der Waals surface area contributed by atoms with Crippen molar-refractivity contribution in [3.05, 3.63) is 52.8 Å². The summed E-state index contributed by atoms with van der Waals surface area (Å²) in [7, 11) is 1.68. The summed E-state index contributed by atoms with van der Waals surface area (Å²) >= 11 is 6.17. The quantitative estimate of drug-likeness (QED) is 0.643. The standard InChI is InChI=1S/C19H16ClF2N3O2/c1-3-13-17-23-12-8-7-10(20)9-14(12)25(17)16-11(18(26)24(13)2)5-4-6-15(16)27-19(21)22/h4-9,13,19H,3H2,1-2H3/t13-/m1/s1. The molecular weight excluding hydrogens is 376 g/mol. The molecule has 0 fully saturated rings. The minimum Gasteiger partial charge on any atom is -0.433 e. The van der Waals surface area contributed by atoms with E-state index in [2.05, 4.69) is 4.98 Å². The zero-order valence-corrected chi connectivity index (χ0v) is 15.4. The van der Waals surface area contributed by atoms with Crippen molar-refractivity contribution in [2.24, 2.45) is 0 Å². The smallest absolute Gasteiger partial charge is 0.387 e. The zero-order valence-electron chi connectivity index (χ0n) is 14.6. The minimum atomic E-state index is -3.02. The van der Waals surface area contributed by atoms with Crippen LogP contribution in [-0.2, 0) is 0 Å². The number of para-hydroxylation sites is 1. The molecule has 2 heterocycles. The molecule has 1 aromatic heterocycles. The average Bonchev–Trinajstić information content (AvgIpc) is 2.95. The van der Waals surface area contributed by atoms with Crippen LogP contribution >= 0.6 is 11.6 Å². The fourth-order valence-corrected chi connectivity index (χ4v) is 3.77. The van der Waals surface area contributed by atoms with Gasteiger partial charge in [-0.15, -0.1) is 0 Å². The van der Waals surface area contributed by atoms with Gasteiger partial charge in [0.05, 0.1) is 22.6 Å². The van der Waals surface area contributed by atoms with Gasteiger partial charge in [0.25, 0.3) is 5.91 Å². The SMILES string of the molecule is CC[C@@H]1c2nc3ccc(Cl)cc3n2-c2c(OC(F)F)cccc2C(=O)N1C. The molecule has 0 N–H and O–H groups in total. The monoisotopic (exact) mass is 391 g/mol. The van der Waals surface area contributed by atoms with Crippen molar-refractivity contribution in [2.45, 2.75) is 26.0 Å². The van der Waals surface area contributed by atoms with Gasteiger partial charge in [-0.05, 0) is 36.8 Å². The molecule has 3 aromatic rings. The van der Waals surface area contributed by atoms with Gasteiger partial charge >= 0.3 is 6.61 Å². The first-order valence-electron chi connectivity index (χ1n) is 8.45. The molecule has 27 heavy (non-hydrogen) atoms. The van der Waals surface area contributed by atoms with Crippen LogP contribution in [0.2, 0.25) is 5.02 Å². The largest absolute Gasteiger partial charge is 0.433 e. The molecule has 8 heteroatoms. The number of nitrogens with zero attached hydrogens (tertiary/aromatic N) is 3. The van der Waals surface area contributed by atoms with E-state index in [9.17, 15) is 13.6 Å². The van der Waals surface area contributed by atoms with E-state index in [-0.39, 0.29) is 28.9 Å². The van der Waals surface area contributed by atoms with Gasteiger partial charge < -0.3 is 9.64 Å². The Morgan fingerprint density at radius 1 is 1.30 bits per heavy atom. The first-order chi connectivity index (χ1) is 12.9. The lowest BCUT2D eigenvalue weighted by Gasteiger charge is -2.24. The van der Waals surface area contributed by atoms with E-state index in [1.165, 1.54) is 12.1 Å². The summed E-state index contributed by atoms with van der Waals surface area (Å²) in [6.45, 7) is -1.08.